The molecule has 1 aromatic rings. The minimum atomic E-state index is -0.0750. The van der Waals surface area contributed by atoms with E-state index in [4.69, 9.17) is 30.5 Å². The van der Waals surface area contributed by atoms with Gasteiger partial charge in [-0.2, -0.15) is 0 Å². The van der Waals surface area contributed by atoms with Crippen LogP contribution in [0.5, 0.6) is 0 Å². The molecule has 1 aromatic carbocycles. The molecule has 2 rings (SSSR count). The summed E-state index contributed by atoms with van der Waals surface area (Å²) in [6.45, 7) is 9.21. The molecule has 1 aliphatic heterocycles. The number of piperazine rings is 1. The minimum Gasteiger partial charge on any atom is -0.399 e. The van der Waals surface area contributed by atoms with Crippen molar-refractivity contribution in [1.82, 2.24) is 15.2 Å². The number of hydrogen-bond donors (Lipinski definition) is 3. The molecule has 0 atom stereocenters. The highest BCUT2D eigenvalue weighted by Gasteiger charge is 2.13. The molecule has 1 heterocycles. The molecule has 0 saturated carbocycles. The smallest absolute Gasteiger partial charge is 0.222 e. The number of anilines is 1. The third-order valence-corrected chi connectivity index (χ3v) is 5.43. The summed E-state index contributed by atoms with van der Waals surface area (Å²) in [6.07, 6.45) is 0.289. The van der Waals surface area contributed by atoms with Gasteiger partial charge in [0.15, 0.2) is 0 Å². The minimum absolute atomic E-state index is 0.0750. The van der Waals surface area contributed by atoms with Crippen LogP contribution in [0.15, 0.2) is 48.5 Å². The number of hydrogen-bond acceptors (Lipinski definition) is 9. The van der Waals surface area contributed by atoms with E-state index >= 15 is 0 Å². The van der Waals surface area contributed by atoms with Gasteiger partial charge in [-0.15, -0.1) is 0 Å². The number of rotatable bonds is 17. The fraction of sp³-hybridized carbons (Fsp3) is 0.577. The second-order valence-electron chi connectivity index (χ2n) is 8.37. The van der Waals surface area contributed by atoms with Gasteiger partial charge in [-0.05, 0) is 17.7 Å². The zero-order valence-electron chi connectivity index (χ0n) is 21.3. The van der Waals surface area contributed by atoms with E-state index in [1.165, 1.54) is 0 Å². The lowest BCUT2D eigenvalue weighted by molar-refractivity contribution is -0.122. The zero-order chi connectivity index (χ0) is 25.7. The first kappa shape index (κ1) is 29.9. The van der Waals surface area contributed by atoms with Gasteiger partial charge < -0.3 is 30.0 Å². The highest BCUT2D eigenvalue weighted by Crippen LogP contribution is 2.02. The third-order valence-electron chi connectivity index (χ3n) is 5.43. The first-order valence-corrected chi connectivity index (χ1v) is 12.6. The van der Waals surface area contributed by atoms with Crippen molar-refractivity contribution in [1.29, 1.82) is 0 Å². The first-order chi connectivity index (χ1) is 17.6. The van der Waals surface area contributed by atoms with Gasteiger partial charge in [0.1, 0.15) is 0 Å². The molecule has 0 aromatic heterocycles. The Balaban J connectivity index is 1.37. The van der Waals surface area contributed by atoms with Crippen LogP contribution >= 0.6 is 0 Å². The predicted octanol–water partition coefficient (Wildman–Crippen LogP) is 0.957. The van der Waals surface area contributed by atoms with E-state index in [0.29, 0.717) is 65.1 Å². The molecule has 202 valence electrons. The van der Waals surface area contributed by atoms with Crippen LogP contribution < -0.4 is 16.9 Å². The van der Waals surface area contributed by atoms with Gasteiger partial charge in [0, 0.05) is 51.4 Å². The van der Waals surface area contributed by atoms with Crippen molar-refractivity contribution in [2.24, 2.45) is 5.84 Å². The van der Waals surface area contributed by atoms with Crippen molar-refractivity contribution >= 4 is 11.6 Å². The van der Waals surface area contributed by atoms with E-state index in [1.807, 2.05) is 53.5 Å². The molecule has 5 N–H and O–H groups in total. The van der Waals surface area contributed by atoms with Crippen molar-refractivity contribution < 1.29 is 23.7 Å². The molecule has 1 saturated heterocycles. The largest absolute Gasteiger partial charge is 0.399 e. The Morgan fingerprint density at radius 1 is 0.778 bits per heavy atom. The number of nitrogens with two attached hydrogens (primary N) is 2. The molecule has 10 nitrogen and oxygen atoms in total. The topological polar surface area (TPSA) is 125 Å². The van der Waals surface area contributed by atoms with Crippen molar-refractivity contribution in [2.75, 3.05) is 91.3 Å². The average molecular weight is 506 g/mol. The number of nitrogens with one attached hydrogen (secondary N) is 1. The summed E-state index contributed by atoms with van der Waals surface area (Å²) in [6, 6.07) is 15.1. The van der Waals surface area contributed by atoms with Gasteiger partial charge in [0.25, 0.3) is 0 Å². The normalized spacial score (nSPS) is 14.4. The lowest BCUT2D eigenvalue weighted by Crippen LogP contribution is -2.50. The van der Waals surface area contributed by atoms with E-state index < -0.39 is 0 Å². The van der Waals surface area contributed by atoms with Crippen LogP contribution in [0.25, 0.3) is 0 Å². The maximum absolute atomic E-state index is 12.1. The fourth-order valence-corrected chi connectivity index (χ4v) is 3.35. The Hall–Kier alpha value is -2.31. The van der Waals surface area contributed by atoms with Crippen LogP contribution in [0, 0.1) is 0 Å². The summed E-state index contributed by atoms with van der Waals surface area (Å²) in [7, 11) is 0. The molecule has 36 heavy (non-hydrogen) atoms. The number of hydrazine groups is 1. The summed E-state index contributed by atoms with van der Waals surface area (Å²) in [4.78, 5) is 14.4. The van der Waals surface area contributed by atoms with Crippen LogP contribution in [0.2, 0.25) is 0 Å². The zero-order valence-corrected chi connectivity index (χ0v) is 21.3. The molecule has 10 heteroatoms. The van der Waals surface area contributed by atoms with E-state index in [1.54, 1.807) is 0 Å². The SMILES string of the molecule is Nc1cccccccc(CNC(=O)CCOCCOCCOCCOCCN2CCN(N)CC2)c1. The van der Waals surface area contributed by atoms with Crippen molar-refractivity contribution in [3.05, 3.63) is 54.1 Å². The summed E-state index contributed by atoms with van der Waals surface area (Å²) < 4.78 is 22.1. The van der Waals surface area contributed by atoms with Crippen molar-refractivity contribution in [3.8, 4) is 0 Å². The van der Waals surface area contributed by atoms with Gasteiger partial charge >= 0.3 is 0 Å². The molecule has 0 unspecified atom stereocenters. The highest BCUT2D eigenvalue weighted by atomic mass is 16.6. The first-order valence-electron chi connectivity index (χ1n) is 12.6. The number of carbonyl (C=O) groups excluding carboxylic acids is 1. The van der Waals surface area contributed by atoms with E-state index in [2.05, 4.69) is 10.2 Å². The van der Waals surface area contributed by atoms with E-state index in [9.17, 15) is 4.79 Å². The molecular formula is C26H43N5O5. The maximum atomic E-state index is 12.1. The Morgan fingerprint density at radius 2 is 1.33 bits per heavy atom. The number of ether oxygens (including phenoxy) is 4. The van der Waals surface area contributed by atoms with Crippen LogP contribution in [0.4, 0.5) is 5.69 Å². The molecule has 0 spiro atoms. The third kappa shape index (κ3) is 15.6. The fourth-order valence-electron chi connectivity index (χ4n) is 3.35. The molecule has 1 amide bonds. The summed E-state index contributed by atoms with van der Waals surface area (Å²) in [5.41, 5.74) is 7.50. The lowest BCUT2D eigenvalue weighted by atomic mass is 10.2. The predicted molar refractivity (Wildman–Crippen MR) is 140 cm³/mol. The quantitative estimate of drug-likeness (QED) is 0.210. The van der Waals surface area contributed by atoms with Crippen LogP contribution in [-0.4, -0.2) is 101 Å². The monoisotopic (exact) mass is 505 g/mol. The van der Waals surface area contributed by atoms with Crippen molar-refractivity contribution in [2.45, 2.75) is 13.0 Å². The Bertz CT molecular complexity index is 776. The second kappa shape index (κ2) is 19.8. The lowest BCUT2D eigenvalue weighted by Gasteiger charge is -2.31. The molecule has 1 fully saturated rings. The molecule has 0 aliphatic carbocycles. The Kier molecular flexibility index (Phi) is 16.5. The van der Waals surface area contributed by atoms with Gasteiger partial charge in [-0.25, -0.2) is 5.01 Å². The Morgan fingerprint density at radius 3 is 2.00 bits per heavy atom. The van der Waals surface area contributed by atoms with E-state index in [0.717, 1.165) is 38.3 Å². The van der Waals surface area contributed by atoms with Crippen LogP contribution in [0.1, 0.15) is 12.0 Å². The summed E-state index contributed by atoms with van der Waals surface area (Å²) in [5, 5.41) is 4.74. The highest BCUT2D eigenvalue weighted by molar-refractivity contribution is 5.75. The number of amides is 1. The van der Waals surface area contributed by atoms with Crippen LogP contribution in [0.3, 0.4) is 0 Å². The molecule has 0 bridgehead atoms. The second-order valence-corrected chi connectivity index (χ2v) is 8.37. The molecule has 1 aliphatic rings. The van der Waals surface area contributed by atoms with Gasteiger partial charge in [-0.3, -0.25) is 15.5 Å². The maximum Gasteiger partial charge on any atom is 0.222 e. The molecular weight excluding hydrogens is 462 g/mol. The average Bonchev–Trinajstić information content (AvgIpc) is 2.87. The number of carbonyl (C=O) groups is 1. The molecule has 0 radical (unpaired) electrons. The summed E-state index contributed by atoms with van der Waals surface area (Å²) in [5.74, 6) is 5.67. The number of nitrogen functional groups attached to an aromatic ring is 1. The Labute approximate surface area is 215 Å². The standard InChI is InChI=1S/C26H43N5O5/c27-25-7-5-3-1-2-4-6-24(22-25)23-29-26(32)8-14-33-16-18-35-20-21-36-19-17-34-15-13-30-9-11-31(28)12-10-30/h1-7,22H,8-21,23,27-28H2,(H,29,32). The van der Waals surface area contributed by atoms with Gasteiger partial charge in [0.2, 0.25) is 5.91 Å². The van der Waals surface area contributed by atoms with E-state index in [-0.39, 0.29) is 12.3 Å². The number of nitrogens with zero attached hydrogens (tertiary/aromatic N) is 2. The van der Waals surface area contributed by atoms with Crippen LogP contribution in [-0.2, 0) is 30.3 Å². The van der Waals surface area contributed by atoms with Gasteiger partial charge in [0.05, 0.1) is 52.9 Å². The van der Waals surface area contributed by atoms with Crippen molar-refractivity contribution in [3.63, 3.8) is 0 Å². The summed E-state index contributed by atoms with van der Waals surface area (Å²) >= 11 is 0. The van der Waals surface area contributed by atoms with Gasteiger partial charge in [-0.1, -0.05) is 36.4 Å².